The Hall–Kier alpha value is -2.05. The van der Waals surface area contributed by atoms with Crippen molar-refractivity contribution in [2.75, 3.05) is 10.6 Å². The summed E-state index contributed by atoms with van der Waals surface area (Å²) < 4.78 is 25.8. The molecule has 25 heavy (non-hydrogen) atoms. The Kier molecular flexibility index (Phi) is 6.45. The molecule has 5 nitrogen and oxygen atoms in total. The summed E-state index contributed by atoms with van der Waals surface area (Å²) in [7, 11) is -3.64. The van der Waals surface area contributed by atoms with Gasteiger partial charge in [0.2, 0.25) is 15.9 Å². The van der Waals surface area contributed by atoms with Crippen LogP contribution in [0.2, 0.25) is 5.02 Å². The molecular formula is C18H21ClN2O3S. The first-order valence-corrected chi connectivity index (χ1v) is 10.1. The molecule has 0 saturated heterocycles. The second-order valence-corrected chi connectivity index (χ2v) is 7.96. The van der Waals surface area contributed by atoms with Gasteiger partial charge >= 0.3 is 0 Å². The van der Waals surface area contributed by atoms with Crippen LogP contribution in [0.15, 0.2) is 54.6 Å². The highest BCUT2D eigenvalue weighted by Gasteiger charge is 2.31. The van der Waals surface area contributed by atoms with Crippen molar-refractivity contribution in [2.45, 2.75) is 25.9 Å². The van der Waals surface area contributed by atoms with E-state index in [2.05, 4.69) is 5.32 Å². The highest BCUT2D eigenvalue weighted by molar-refractivity contribution is 7.92. The van der Waals surface area contributed by atoms with Gasteiger partial charge in [0.1, 0.15) is 6.04 Å². The normalized spacial score (nSPS) is 12.4. The third-order valence-corrected chi connectivity index (χ3v) is 5.15. The molecule has 2 rings (SSSR count). The van der Waals surface area contributed by atoms with Crippen molar-refractivity contribution in [3.8, 4) is 0 Å². The number of anilines is 1. The van der Waals surface area contributed by atoms with Crippen LogP contribution in [0.4, 0.5) is 5.69 Å². The number of halogens is 1. The van der Waals surface area contributed by atoms with Crippen LogP contribution in [0.5, 0.6) is 0 Å². The van der Waals surface area contributed by atoms with Crippen molar-refractivity contribution in [3.05, 3.63) is 65.2 Å². The van der Waals surface area contributed by atoms with Gasteiger partial charge in [-0.1, -0.05) is 48.9 Å². The topological polar surface area (TPSA) is 66.5 Å². The predicted molar refractivity (Wildman–Crippen MR) is 101 cm³/mol. The van der Waals surface area contributed by atoms with Crippen molar-refractivity contribution in [3.63, 3.8) is 0 Å². The molecule has 0 bridgehead atoms. The van der Waals surface area contributed by atoms with E-state index in [1.54, 1.807) is 31.2 Å². The fourth-order valence-corrected chi connectivity index (χ4v) is 3.89. The van der Waals surface area contributed by atoms with Gasteiger partial charge in [-0.2, -0.15) is 0 Å². The van der Waals surface area contributed by atoms with Gasteiger partial charge in [0.15, 0.2) is 0 Å². The minimum atomic E-state index is -3.64. The second-order valence-electron chi connectivity index (χ2n) is 5.66. The Morgan fingerprint density at radius 2 is 1.72 bits per heavy atom. The van der Waals surface area contributed by atoms with Crippen LogP contribution in [0, 0.1) is 0 Å². The number of hydrogen-bond acceptors (Lipinski definition) is 3. The molecule has 2 aromatic carbocycles. The number of hydrogen-bond donors (Lipinski definition) is 1. The Morgan fingerprint density at radius 3 is 2.24 bits per heavy atom. The summed E-state index contributed by atoms with van der Waals surface area (Å²) in [6.45, 7) is 2.12. The van der Waals surface area contributed by atoms with Crippen LogP contribution in [-0.2, 0) is 21.4 Å². The smallest absolute Gasteiger partial charge is 0.244 e. The Labute approximate surface area is 153 Å². The van der Waals surface area contributed by atoms with E-state index in [1.165, 1.54) is 0 Å². The van der Waals surface area contributed by atoms with Gasteiger partial charge in [-0.05, 0) is 36.2 Å². The third-order valence-electron chi connectivity index (χ3n) is 3.72. The van der Waals surface area contributed by atoms with Crippen molar-refractivity contribution in [1.82, 2.24) is 5.32 Å². The van der Waals surface area contributed by atoms with Crippen LogP contribution < -0.4 is 9.62 Å². The van der Waals surface area contributed by atoms with Gasteiger partial charge in [0, 0.05) is 11.6 Å². The lowest BCUT2D eigenvalue weighted by atomic mass is 10.1. The standard InChI is InChI=1S/C18H21ClN2O3S/c1-3-17(18(22)20-13-14-7-5-4-6-8-14)21(25(2,23)24)16-11-9-15(19)10-12-16/h4-12,17H,3,13H2,1-2H3,(H,20,22)/t17-/m0/s1. The van der Waals surface area contributed by atoms with Crippen molar-refractivity contribution in [1.29, 1.82) is 0 Å². The van der Waals surface area contributed by atoms with E-state index in [9.17, 15) is 13.2 Å². The van der Waals surface area contributed by atoms with Crippen LogP contribution >= 0.6 is 11.6 Å². The summed E-state index contributed by atoms with van der Waals surface area (Å²) >= 11 is 5.88. The van der Waals surface area contributed by atoms with Crippen LogP contribution in [0.25, 0.3) is 0 Å². The molecule has 1 atom stereocenters. The van der Waals surface area contributed by atoms with E-state index in [0.717, 1.165) is 16.1 Å². The maximum absolute atomic E-state index is 12.6. The first-order valence-electron chi connectivity index (χ1n) is 7.89. The second kappa shape index (κ2) is 8.36. The zero-order chi connectivity index (χ0) is 18.4. The first-order chi connectivity index (χ1) is 11.8. The van der Waals surface area contributed by atoms with E-state index in [1.807, 2.05) is 30.3 Å². The lowest BCUT2D eigenvalue weighted by Crippen LogP contribution is -2.49. The lowest BCUT2D eigenvalue weighted by Gasteiger charge is -2.30. The fourth-order valence-electron chi connectivity index (χ4n) is 2.55. The molecule has 0 saturated carbocycles. The monoisotopic (exact) mass is 380 g/mol. The van der Waals surface area contributed by atoms with Gasteiger partial charge in [0.25, 0.3) is 0 Å². The summed E-state index contributed by atoms with van der Waals surface area (Å²) in [6.07, 6.45) is 1.44. The highest BCUT2D eigenvalue weighted by Crippen LogP contribution is 2.24. The number of sulfonamides is 1. The Bertz CT molecular complexity index is 808. The molecule has 0 radical (unpaired) electrons. The molecule has 2 aromatic rings. The average molecular weight is 381 g/mol. The molecule has 134 valence electrons. The first kappa shape index (κ1) is 19.3. The number of nitrogens with zero attached hydrogens (tertiary/aromatic N) is 1. The van der Waals surface area contributed by atoms with Gasteiger partial charge in [0.05, 0.1) is 11.9 Å². The maximum atomic E-state index is 12.6. The largest absolute Gasteiger partial charge is 0.350 e. The van der Waals surface area contributed by atoms with E-state index in [-0.39, 0.29) is 5.91 Å². The zero-order valence-corrected chi connectivity index (χ0v) is 15.7. The molecule has 0 fully saturated rings. The van der Waals surface area contributed by atoms with Gasteiger partial charge < -0.3 is 5.32 Å². The summed E-state index contributed by atoms with van der Waals surface area (Å²) in [6, 6.07) is 15.0. The SMILES string of the molecule is CC[C@@H](C(=O)NCc1ccccc1)N(c1ccc(Cl)cc1)S(C)(=O)=O. The van der Waals surface area contributed by atoms with E-state index in [0.29, 0.717) is 23.7 Å². The molecule has 1 N–H and O–H groups in total. The minimum absolute atomic E-state index is 0.341. The van der Waals surface area contributed by atoms with Crippen molar-refractivity contribution >= 4 is 33.2 Å². The van der Waals surface area contributed by atoms with Gasteiger partial charge in [-0.15, -0.1) is 0 Å². The molecule has 0 spiro atoms. The molecule has 1 amide bonds. The maximum Gasteiger partial charge on any atom is 0.244 e. The molecule has 7 heteroatoms. The number of benzene rings is 2. The number of amides is 1. The fraction of sp³-hybridized carbons (Fsp3) is 0.278. The average Bonchev–Trinajstić information content (AvgIpc) is 2.58. The molecular weight excluding hydrogens is 360 g/mol. The van der Waals surface area contributed by atoms with Crippen LogP contribution in [0.1, 0.15) is 18.9 Å². The molecule has 0 aliphatic carbocycles. The molecule has 0 aromatic heterocycles. The molecule has 0 aliphatic rings. The summed E-state index contributed by atoms with van der Waals surface area (Å²) in [5.41, 5.74) is 1.36. The minimum Gasteiger partial charge on any atom is -0.350 e. The zero-order valence-electron chi connectivity index (χ0n) is 14.1. The Balaban J connectivity index is 2.23. The van der Waals surface area contributed by atoms with Crippen LogP contribution in [-0.4, -0.2) is 26.6 Å². The van der Waals surface area contributed by atoms with Gasteiger partial charge in [-0.25, -0.2) is 8.42 Å². The highest BCUT2D eigenvalue weighted by atomic mass is 35.5. The Morgan fingerprint density at radius 1 is 1.12 bits per heavy atom. The number of carbonyl (C=O) groups is 1. The number of carbonyl (C=O) groups excluding carboxylic acids is 1. The van der Waals surface area contributed by atoms with Crippen molar-refractivity contribution < 1.29 is 13.2 Å². The molecule has 0 aliphatic heterocycles. The molecule has 0 heterocycles. The number of rotatable bonds is 7. The quantitative estimate of drug-likeness (QED) is 0.802. The lowest BCUT2D eigenvalue weighted by molar-refractivity contribution is -0.122. The van der Waals surface area contributed by atoms with Crippen molar-refractivity contribution in [2.24, 2.45) is 0 Å². The van der Waals surface area contributed by atoms with E-state index >= 15 is 0 Å². The molecule has 0 unspecified atom stereocenters. The van der Waals surface area contributed by atoms with E-state index in [4.69, 9.17) is 11.6 Å². The number of nitrogens with one attached hydrogen (secondary N) is 1. The van der Waals surface area contributed by atoms with Crippen LogP contribution in [0.3, 0.4) is 0 Å². The summed E-state index contributed by atoms with van der Waals surface area (Å²) in [4.78, 5) is 12.6. The predicted octanol–water partition coefficient (Wildman–Crippen LogP) is 3.20. The van der Waals surface area contributed by atoms with Gasteiger partial charge in [-0.3, -0.25) is 9.10 Å². The third kappa shape index (κ3) is 5.21. The summed E-state index contributed by atoms with van der Waals surface area (Å²) in [5.74, 6) is -0.341. The summed E-state index contributed by atoms with van der Waals surface area (Å²) in [5, 5.41) is 3.31. The van der Waals surface area contributed by atoms with E-state index < -0.39 is 16.1 Å².